The van der Waals surface area contributed by atoms with Crippen LogP contribution in [0.1, 0.15) is 18.1 Å². The number of anilines is 1. The Kier molecular flexibility index (Phi) is 6.66. The first kappa shape index (κ1) is 21.8. The molecule has 3 aromatic carbocycles. The summed E-state index contributed by atoms with van der Waals surface area (Å²) >= 11 is 1.31. The first-order valence-electron chi connectivity index (χ1n) is 10.3. The molecule has 0 saturated heterocycles. The molecule has 0 spiro atoms. The molecule has 0 unspecified atom stereocenters. The molecule has 4 rings (SSSR count). The lowest BCUT2D eigenvalue weighted by Crippen LogP contribution is -2.16. The maximum atomic E-state index is 13.4. The van der Waals surface area contributed by atoms with Crippen LogP contribution in [0.5, 0.6) is 0 Å². The lowest BCUT2D eigenvalue weighted by Gasteiger charge is -2.13. The Bertz CT molecular complexity index is 1220. The van der Waals surface area contributed by atoms with Gasteiger partial charge in [0.25, 0.3) is 0 Å². The third-order valence-corrected chi connectivity index (χ3v) is 6.02. The van der Waals surface area contributed by atoms with Crippen molar-refractivity contribution in [1.29, 1.82) is 0 Å². The molecule has 0 fully saturated rings. The molecule has 1 aromatic heterocycles. The third kappa shape index (κ3) is 4.73. The van der Waals surface area contributed by atoms with Gasteiger partial charge in [0, 0.05) is 16.9 Å². The summed E-state index contributed by atoms with van der Waals surface area (Å²) in [5.74, 6) is 0.357. The van der Waals surface area contributed by atoms with Gasteiger partial charge in [-0.2, -0.15) is 0 Å². The number of thioether (sulfide) groups is 1. The molecule has 0 saturated carbocycles. The van der Waals surface area contributed by atoms with Gasteiger partial charge in [0.05, 0.1) is 5.75 Å². The number of carbonyl (C=O) groups is 1. The molecular weight excluding hydrogens is 423 g/mol. The summed E-state index contributed by atoms with van der Waals surface area (Å²) in [6.07, 6.45) is 0.841. The van der Waals surface area contributed by atoms with Gasteiger partial charge in [-0.25, -0.2) is 4.39 Å². The van der Waals surface area contributed by atoms with E-state index < -0.39 is 0 Å². The summed E-state index contributed by atoms with van der Waals surface area (Å²) in [6.45, 7) is 4.06. The van der Waals surface area contributed by atoms with Gasteiger partial charge in [0.1, 0.15) is 5.82 Å². The smallest absolute Gasteiger partial charge is 0.234 e. The summed E-state index contributed by atoms with van der Waals surface area (Å²) in [5.41, 5.74) is 4.62. The Hall–Kier alpha value is -3.45. The first-order valence-corrected chi connectivity index (χ1v) is 11.3. The van der Waals surface area contributed by atoms with Crippen molar-refractivity contribution in [2.45, 2.75) is 25.4 Å². The van der Waals surface area contributed by atoms with Crippen LogP contribution in [-0.4, -0.2) is 26.4 Å². The number of benzene rings is 3. The van der Waals surface area contributed by atoms with E-state index in [-0.39, 0.29) is 17.5 Å². The van der Waals surface area contributed by atoms with Gasteiger partial charge in [-0.1, -0.05) is 55.1 Å². The fourth-order valence-electron chi connectivity index (χ4n) is 3.47. The molecule has 0 radical (unpaired) electrons. The van der Waals surface area contributed by atoms with E-state index in [1.807, 2.05) is 60.0 Å². The highest BCUT2D eigenvalue weighted by Gasteiger charge is 2.18. The molecule has 1 amide bonds. The van der Waals surface area contributed by atoms with Crippen molar-refractivity contribution in [2.75, 3.05) is 11.1 Å². The van der Waals surface area contributed by atoms with Crippen LogP contribution in [0.25, 0.3) is 17.1 Å². The molecule has 0 aliphatic carbocycles. The fraction of sp³-hybridized carbons (Fsp3) is 0.160. The molecule has 4 aromatic rings. The molecule has 5 nitrogen and oxygen atoms in total. The van der Waals surface area contributed by atoms with E-state index in [1.165, 1.54) is 23.9 Å². The monoisotopic (exact) mass is 446 g/mol. The molecule has 162 valence electrons. The summed E-state index contributed by atoms with van der Waals surface area (Å²) in [7, 11) is 0. The number of para-hydroxylation sites is 2. The van der Waals surface area contributed by atoms with Crippen molar-refractivity contribution in [3.8, 4) is 17.1 Å². The number of hydrogen-bond acceptors (Lipinski definition) is 4. The molecule has 0 atom stereocenters. The van der Waals surface area contributed by atoms with Gasteiger partial charge in [-0.3, -0.25) is 9.36 Å². The highest BCUT2D eigenvalue weighted by atomic mass is 32.2. The summed E-state index contributed by atoms with van der Waals surface area (Å²) in [6, 6.07) is 21.8. The Balaban J connectivity index is 1.59. The topological polar surface area (TPSA) is 59.8 Å². The van der Waals surface area contributed by atoms with Crippen molar-refractivity contribution in [3.63, 3.8) is 0 Å². The van der Waals surface area contributed by atoms with Crippen LogP contribution < -0.4 is 5.32 Å². The maximum Gasteiger partial charge on any atom is 0.234 e. The normalized spacial score (nSPS) is 10.8. The molecule has 1 heterocycles. The predicted molar refractivity (Wildman–Crippen MR) is 127 cm³/mol. The van der Waals surface area contributed by atoms with Gasteiger partial charge >= 0.3 is 0 Å². The molecule has 0 bridgehead atoms. The third-order valence-electron chi connectivity index (χ3n) is 5.09. The van der Waals surface area contributed by atoms with E-state index in [4.69, 9.17) is 0 Å². The van der Waals surface area contributed by atoms with Crippen LogP contribution in [0.15, 0.2) is 78.0 Å². The summed E-state index contributed by atoms with van der Waals surface area (Å²) in [4.78, 5) is 12.7. The standard InChI is InChI=1S/C25H23FN4OS/c1-3-18-9-7-8-17(2)23(18)27-22(31)16-32-25-29-28-24(19-12-14-20(26)15-13-19)30(25)21-10-5-4-6-11-21/h4-15H,3,16H2,1-2H3,(H,27,31). The van der Waals surface area contributed by atoms with Crippen LogP contribution in [0.3, 0.4) is 0 Å². The molecule has 0 aliphatic rings. The highest BCUT2D eigenvalue weighted by molar-refractivity contribution is 7.99. The lowest BCUT2D eigenvalue weighted by atomic mass is 10.1. The first-order chi connectivity index (χ1) is 15.6. The summed E-state index contributed by atoms with van der Waals surface area (Å²) < 4.78 is 15.3. The van der Waals surface area contributed by atoms with E-state index in [2.05, 4.69) is 22.4 Å². The van der Waals surface area contributed by atoms with Crippen molar-refractivity contribution >= 4 is 23.4 Å². The Morgan fingerprint density at radius 3 is 2.47 bits per heavy atom. The minimum Gasteiger partial charge on any atom is -0.325 e. The second-order valence-corrected chi connectivity index (χ2v) is 8.23. The predicted octanol–water partition coefficient (Wildman–Crippen LogP) is 5.68. The van der Waals surface area contributed by atoms with Crippen LogP contribution in [-0.2, 0) is 11.2 Å². The largest absolute Gasteiger partial charge is 0.325 e. The van der Waals surface area contributed by atoms with Gasteiger partial charge in [0.15, 0.2) is 11.0 Å². The number of halogens is 1. The number of hydrogen-bond donors (Lipinski definition) is 1. The van der Waals surface area contributed by atoms with Gasteiger partial charge in [0.2, 0.25) is 5.91 Å². The molecular formula is C25H23FN4OS. The van der Waals surface area contributed by atoms with Gasteiger partial charge in [-0.15, -0.1) is 10.2 Å². The van der Waals surface area contributed by atoms with E-state index in [9.17, 15) is 9.18 Å². The number of nitrogens with zero attached hydrogens (tertiary/aromatic N) is 3. The molecule has 0 aliphatic heterocycles. The SMILES string of the molecule is CCc1cccc(C)c1NC(=O)CSc1nnc(-c2ccc(F)cc2)n1-c1ccccc1. The van der Waals surface area contributed by atoms with Gasteiger partial charge < -0.3 is 5.32 Å². The zero-order valence-corrected chi connectivity index (χ0v) is 18.7. The molecule has 1 N–H and O–H groups in total. The Labute approximate surface area is 190 Å². The van der Waals surface area contributed by atoms with Crippen LogP contribution in [0.2, 0.25) is 0 Å². The number of aromatic nitrogens is 3. The van der Waals surface area contributed by atoms with Crippen LogP contribution >= 0.6 is 11.8 Å². The van der Waals surface area contributed by atoms with E-state index >= 15 is 0 Å². The molecule has 32 heavy (non-hydrogen) atoms. The molecule has 7 heteroatoms. The van der Waals surface area contributed by atoms with Gasteiger partial charge in [-0.05, 0) is 60.9 Å². The lowest BCUT2D eigenvalue weighted by molar-refractivity contribution is -0.113. The van der Waals surface area contributed by atoms with Crippen LogP contribution in [0, 0.1) is 12.7 Å². The van der Waals surface area contributed by atoms with Crippen molar-refractivity contribution < 1.29 is 9.18 Å². The average molecular weight is 447 g/mol. The number of nitrogens with one attached hydrogen (secondary N) is 1. The van der Waals surface area contributed by atoms with Crippen molar-refractivity contribution in [2.24, 2.45) is 0 Å². The zero-order chi connectivity index (χ0) is 22.5. The zero-order valence-electron chi connectivity index (χ0n) is 17.9. The fourth-order valence-corrected chi connectivity index (χ4v) is 4.22. The Morgan fingerprint density at radius 2 is 1.75 bits per heavy atom. The number of amides is 1. The van der Waals surface area contributed by atoms with Crippen molar-refractivity contribution in [1.82, 2.24) is 14.8 Å². The summed E-state index contributed by atoms with van der Waals surface area (Å²) in [5, 5.41) is 12.3. The highest BCUT2D eigenvalue weighted by Crippen LogP contribution is 2.28. The second-order valence-electron chi connectivity index (χ2n) is 7.28. The quantitative estimate of drug-likeness (QED) is 0.371. The maximum absolute atomic E-state index is 13.4. The number of aryl methyl sites for hydroxylation is 2. The minimum atomic E-state index is -0.312. The van der Waals surface area contributed by atoms with E-state index in [1.54, 1.807) is 12.1 Å². The van der Waals surface area contributed by atoms with E-state index in [0.717, 1.165) is 34.5 Å². The number of carbonyl (C=O) groups excluding carboxylic acids is 1. The second kappa shape index (κ2) is 9.78. The van der Waals surface area contributed by atoms with Crippen LogP contribution in [0.4, 0.5) is 10.1 Å². The Morgan fingerprint density at radius 1 is 1.00 bits per heavy atom. The minimum absolute atomic E-state index is 0.107. The average Bonchev–Trinajstić information content (AvgIpc) is 3.24. The van der Waals surface area contributed by atoms with Crippen molar-refractivity contribution in [3.05, 3.63) is 89.7 Å². The number of rotatable bonds is 7. The van der Waals surface area contributed by atoms with E-state index in [0.29, 0.717) is 11.0 Å².